The van der Waals surface area contributed by atoms with Crippen LogP contribution in [-0.4, -0.2) is 23.1 Å². The zero-order valence-electron chi connectivity index (χ0n) is 15.7. The lowest BCUT2D eigenvalue weighted by molar-refractivity contribution is 0.0938. The van der Waals surface area contributed by atoms with Crippen LogP contribution in [0.1, 0.15) is 39.2 Å². The molecule has 0 bridgehead atoms. The monoisotopic (exact) mass is 391 g/mol. The van der Waals surface area contributed by atoms with Gasteiger partial charge in [0.25, 0.3) is 11.8 Å². The quantitative estimate of drug-likeness (QED) is 0.605. The normalized spacial score (nSPS) is 11.5. The van der Waals surface area contributed by atoms with Crippen LogP contribution in [0, 0.1) is 0 Å². The number of thioether (sulfide) groups is 1. The van der Waals surface area contributed by atoms with Crippen molar-refractivity contribution in [3.8, 4) is 0 Å². The molecule has 28 heavy (non-hydrogen) atoms. The van der Waals surface area contributed by atoms with Gasteiger partial charge in [-0.1, -0.05) is 18.2 Å². The molecule has 142 valence electrons. The zero-order chi connectivity index (χ0) is 19.9. The van der Waals surface area contributed by atoms with E-state index in [4.69, 9.17) is 0 Å². The van der Waals surface area contributed by atoms with Gasteiger partial charge in [0.05, 0.1) is 11.6 Å². The van der Waals surface area contributed by atoms with Gasteiger partial charge in [-0.3, -0.25) is 14.6 Å². The summed E-state index contributed by atoms with van der Waals surface area (Å²) < 4.78 is 0. The molecule has 0 saturated heterocycles. The molecule has 0 saturated carbocycles. The smallest absolute Gasteiger partial charge is 0.257 e. The van der Waals surface area contributed by atoms with Gasteiger partial charge in [0.2, 0.25) is 0 Å². The lowest BCUT2D eigenvalue weighted by atomic mass is 10.1. The first-order valence-corrected chi connectivity index (χ1v) is 10.1. The maximum Gasteiger partial charge on any atom is 0.257 e. The van der Waals surface area contributed by atoms with Gasteiger partial charge < -0.3 is 10.6 Å². The molecule has 2 aromatic carbocycles. The second-order valence-corrected chi connectivity index (χ2v) is 7.12. The van der Waals surface area contributed by atoms with Crippen LogP contribution < -0.4 is 10.6 Å². The minimum Gasteiger partial charge on any atom is -0.346 e. The first-order chi connectivity index (χ1) is 13.6. The lowest BCUT2D eigenvalue weighted by Crippen LogP contribution is -2.26. The van der Waals surface area contributed by atoms with Gasteiger partial charge in [-0.05, 0) is 61.2 Å². The third-order valence-corrected chi connectivity index (χ3v) is 5.01. The number of hydrogen-bond donors (Lipinski definition) is 2. The Hall–Kier alpha value is -3.12. The first kappa shape index (κ1) is 19.6. The van der Waals surface area contributed by atoms with E-state index >= 15 is 0 Å². The van der Waals surface area contributed by atoms with Crippen LogP contribution in [0.25, 0.3) is 0 Å². The number of pyridine rings is 1. The fourth-order valence-corrected chi connectivity index (χ4v) is 3.10. The molecule has 2 N–H and O–H groups in total. The highest BCUT2D eigenvalue weighted by Crippen LogP contribution is 2.20. The Morgan fingerprint density at radius 2 is 1.71 bits per heavy atom. The number of carbonyl (C=O) groups excluding carboxylic acids is 2. The molecule has 0 radical (unpaired) electrons. The summed E-state index contributed by atoms with van der Waals surface area (Å²) in [7, 11) is 0. The number of nitrogens with zero attached hydrogens (tertiary/aromatic N) is 1. The Labute approximate surface area is 168 Å². The summed E-state index contributed by atoms with van der Waals surface area (Å²) >= 11 is 1.68. The van der Waals surface area contributed by atoms with Crippen LogP contribution in [0.3, 0.4) is 0 Å². The van der Waals surface area contributed by atoms with E-state index in [1.54, 1.807) is 54.4 Å². The summed E-state index contributed by atoms with van der Waals surface area (Å²) in [6.07, 6.45) is 5.13. The van der Waals surface area contributed by atoms with Gasteiger partial charge in [0.15, 0.2) is 0 Å². The van der Waals surface area contributed by atoms with Crippen molar-refractivity contribution in [3.63, 3.8) is 0 Å². The molecule has 0 spiro atoms. The topological polar surface area (TPSA) is 71.1 Å². The molecule has 0 aliphatic carbocycles. The fourth-order valence-electron chi connectivity index (χ4n) is 2.69. The summed E-state index contributed by atoms with van der Waals surface area (Å²) in [6.45, 7) is 1.94. The van der Waals surface area contributed by atoms with Crippen molar-refractivity contribution in [3.05, 3.63) is 89.7 Å². The van der Waals surface area contributed by atoms with Crippen LogP contribution in [-0.2, 0) is 0 Å². The van der Waals surface area contributed by atoms with Gasteiger partial charge in [-0.25, -0.2) is 0 Å². The largest absolute Gasteiger partial charge is 0.346 e. The van der Waals surface area contributed by atoms with E-state index in [-0.39, 0.29) is 17.9 Å². The average Bonchev–Trinajstić information content (AvgIpc) is 2.74. The molecule has 2 amide bonds. The van der Waals surface area contributed by atoms with E-state index < -0.39 is 0 Å². The van der Waals surface area contributed by atoms with Gasteiger partial charge in [-0.2, -0.15) is 0 Å². The first-order valence-electron chi connectivity index (χ1n) is 8.83. The van der Waals surface area contributed by atoms with E-state index in [2.05, 4.69) is 15.6 Å². The standard InChI is InChI=1S/C22H21N3O2S/c1-15(16-8-10-20(28-2)11-9-16)24-21(26)17-5-3-7-19(13-17)25-22(27)18-6-4-12-23-14-18/h3-15H,1-2H3,(H,24,26)(H,25,27). The summed E-state index contributed by atoms with van der Waals surface area (Å²) in [6, 6.07) is 18.2. The van der Waals surface area contributed by atoms with Crippen molar-refractivity contribution >= 4 is 29.3 Å². The molecule has 1 aromatic heterocycles. The Kier molecular flexibility index (Phi) is 6.45. The molecular weight excluding hydrogens is 370 g/mol. The molecule has 0 fully saturated rings. The molecular formula is C22H21N3O2S. The highest BCUT2D eigenvalue weighted by molar-refractivity contribution is 7.98. The van der Waals surface area contributed by atoms with Crippen molar-refractivity contribution in [2.45, 2.75) is 17.9 Å². The van der Waals surface area contributed by atoms with E-state index in [1.165, 1.54) is 11.1 Å². The minimum absolute atomic E-state index is 0.128. The average molecular weight is 391 g/mol. The van der Waals surface area contributed by atoms with E-state index in [0.717, 1.165) is 5.56 Å². The minimum atomic E-state index is -0.270. The zero-order valence-corrected chi connectivity index (χ0v) is 16.5. The molecule has 1 unspecified atom stereocenters. The molecule has 3 aromatic rings. The Bertz CT molecular complexity index is 959. The number of amides is 2. The van der Waals surface area contributed by atoms with Gasteiger partial charge in [-0.15, -0.1) is 11.8 Å². The number of hydrogen-bond acceptors (Lipinski definition) is 4. The second-order valence-electron chi connectivity index (χ2n) is 6.24. The summed E-state index contributed by atoms with van der Waals surface area (Å²) in [4.78, 5) is 30.0. The number of nitrogens with one attached hydrogen (secondary N) is 2. The molecule has 0 aliphatic heterocycles. The second kappa shape index (κ2) is 9.19. The predicted octanol–water partition coefficient (Wildman–Crippen LogP) is 4.55. The molecule has 0 aliphatic rings. The summed E-state index contributed by atoms with van der Waals surface area (Å²) in [5, 5.41) is 5.78. The number of benzene rings is 2. The van der Waals surface area contributed by atoms with Crippen LogP contribution in [0.5, 0.6) is 0 Å². The third-order valence-electron chi connectivity index (χ3n) is 4.27. The van der Waals surface area contributed by atoms with Crippen molar-refractivity contribution in [2.75, 3.05) is 11.6 Å². The molecule has 3 rings (SSSR count). The molecule has 6 heteroatoms. The lowest BCUT2D eigenvalue weighted by Gasteiger charge is -2.15. The maximum absolute atomic E-state index is 12.6. The van der Waals surface area contributed by atoms with Crippen LogP contribution in [0.4, 0.5) is 5.69 Å². The summed E-state index contributed by atoms with van der Waals surface area (Å²) in [5.41, 5.74) is 2.53. The summed E-state index contributed by atoms with van der Waals surface area (Å²) in [5.74, 6) is -0.466. The van der Waals surface area contributed by atoms with E-state index in [1.807, 2.05) is 37.4 Å². The van der Waals surface area contributed by atoms with Crippen molar-refractivity contribution in [1.82, 2.24) is 10.3 Å². The van der Waals surface area contributed by atoms with Gasteiger partial charge in [0, 0.05) is 28.5 Å². The molecule has 1 heterocycles. The third kappa shape index (κ3) is 4.98. The van der Waals surface area contributed by atoms with Gasteiger partial charge >= 0.3 is 0 Å². The van der Waals surface area contributed by atoms with Crippen molar-refractivity contribution in [2.24, 2.45) is 0 Å². The van der Waals surface area contributed by atoms with E-state index in [9.17, 15) is 9.59 Å². The van der Waals surface area contributed by atoms with Gasteiger partial charge in [0.1, 0.15) is 0 Å². The highest BCUT2D eigenvalue weighted by Gasteiger charge is 2.13. The number of rotatable bonds is 6. The maximum atomic E-state index is 12.6. The Balaban J connectivity index is 1.67. The van der Waals surface area contributed by atoms with Crippen LogP contribution in [0.15, 0.2) is 78.0 Å². The molecule has 5 nitrogen and oxygen atoms in total. The van der Waals surface area contributed by atoms with Crippen molar-refractivity contribution < 1.29 is 9.59 Å². The number of anilines is 1. The number of carbonyl (C=O) groups is 2. The predicted molar refractivity (Wildman–Crippen MR) is 113 cm³/mol. The fraction of sp³-hybridized carbons (Fsp3) is 0.136. The van der Waals surface area contributed by atoms with Crippen molar-refractivity contribution in [1.29, 1.82) is 0 Å². The van der Waals surface area contributed by atoms with E-state index in [0.29, 0.717) is 16.8 Å². The molecule has 1 atom stereocenters. The number of aromatic nitrogens is 1. The van der Waals surface area contributed by atoms with Crippen LogP contribution >= 0.6 is 11.8 Å². The Morgan fingerprint density at radius 1 is 0.964 bits per heavy atom. The SMILES string of the molecule is CSc1ccc(C(C)NC(=O)c2cccc(NC(=O)c3cccnc3)c2)cc1. The highest BCUT2D eigenvalue weighted by atomic mass is 32.2. The Morgan fingerprint density at radius 3 is 2.39 bits per heavy atom. The van der Waals surface area contributed by atoms with Crippen LogP contribution in [0.2, 0.25) is 0 Å².